The molecule has 0 aliphatic rings. The van der Waals surface area contributed by atoms with Crippen molar-refractivity contribution in [3.05, 3.63) is 0 Å². The van der Waals surface area contributed by atoms with Crippen molar-refractivity contribution in [2.45, 2.75) is 39.5 Å². The second-order valence-corrected chi connectivity index (χ2v) is 6.71. The van der Waals surface area contributed by atoms with E-state index >= 15 is 0 Å². The smallest absolute Gasteiger partial charge is 0 e. The van der Waals surface area contributed by atoms with Crippen LogP contribution in [0.4, 0.5) is 0 Å². The summed E-state index contributed by atoms with van der Waals surface area (Å²) in [6.07, 6.45) is 2.19. The van der Waals surface area contributed by atoms with E-state index in [1.165, 1.54) is 0 Å². The topological polar surface area (TPSA) is 69.2 Å². The maximum absolute atomic E-state index is 11.2. The summed E-state index contributed by atoms with van der Waals surface area (Å²) >= 11 is 0. The fourth-order valence-electron chi connectivity index (χ4n) is 1.04. The molecule has 0 aromatic heterocycles. The molecule has 0 amide bonds. The Morgan fingerprint density at radius 3 is 1.38 bits per heavy atom. The van der Waals surface area contributed by atoms with Crippen LogP contribution in [0.3, 0.4) is 0 Å². The molecule has 0 aliphatic heterocycles. The van der Waals surface area contributed by atoms with Crippen LogP contribution in [-0.4, -0.2) is 12.3 Å². The van der Waals surface area contributed by atoms with E-state index in [4.69, 9.17) is 0 Å². The van der Waals surface area contributed by atoms with E-state index in [1.807, 2.05) is 13.8 Å². The summed E-state index contributed by atoms with van der Waals surface area (Å²) < 4.78 is 0. The number of unbranched alkanes of at least 4 members (excludes halogenated alkanes) is 2. The van der Waals surface area contributed by atoms with Gasteiger partial charge in [0.2, 0.25) is 0 Å². The van der Waals surface area contributed by atoms with Crippen molar-refractivity contribution < 1.29 is 35.1 Å². The zero-order valence-electron chi connectivity index (χ0n) is 8.23. The molecule has 0 N–H and O–H groups in total. The molecule has 0 bridgehead atoms. The quantitative estimate of drug-likeness (QED) is 0.510. The third kappa shape index (κ3) is 9.28. The van der Waals surface area contributed by atoms with E-state index in [0.29, 0.717) is 12.8 Å². The molecule has 0 aromatic carbocycles. The van der Waals surface area contributed by atoms with Crippen LogP contribution >= 0.6 is 7.28 Å². The molecular formula is C8H18O3PPd-3. The molecular weight excluding hydrogens is 281 g/mol. The van der Waals surface area contributed by atoms with Gasteiger partial charge >= 0.3 is 73.8 Å². The molecule has 0 spiro atoms. The molecule has 0 saturated carbocycles. The van der Waals surface area contributed by atoms with E-state index in [-0.39, 0.29) is 32.7 Å². The second-order valence-electron chi connectivity index (χ2n) is 3.38. The largest absolute Gasteiger partial charge is 0 e. The van der Waals surface area contributed by atoms with Crippen LogP contribution in [0.5, 0.6) is 0 Å². The SMILES string of the molecule is CCCCP([O-])([O-])([O-])CCCC.[Pd]. The Morgan fingerprint density at radius 1 is 0.846 bits per heavy atom. The molecule has 13 heavy (non-hydrogen) atoms. The summed E-state index contributed by atoms with van der Waals surface area (Å²) in [4.78, 5) is 33.6. The Hall–Kier alpha value is 0.972. The molecule has 0 heterocycles. The zero-order valence-corrected chi connectivity index (χ0v) is 10.7. The molecule has 0 fully saturated rings. The minimum absolute atomic E-state index is 0. The first-order chi connectivity index (χ1) is 5.39. The summed E-state index contributed by atoms with van der Waals surface area (Å²) in [7, 11) is -4.96. The minimum Gasteiger partial charge on any atom is 0 e. The van der Waals surface area contributed by atoms with Gasteiger partial charge in [-0.1, -0.05) is 0 Å². The molecule has 86 valence electrons. The Labute approximate surface area is 94.4 Å². The third-order valence-electron chi connectivity index (χ3n) is 1.89. The van der Waals surface area contributed by atoms with Gasteiger partial charge in [0.1, 0.15) is 0 Å². The van der Waals surface area contributed by atoms with Crippen LogP contribution in [0.2, 0.25) is 0 Å². The normalized spacial score (nSPS) is 14.4. The second kappa shape index (κ2) is 6.45. The van der Waals surface area contributed by atoms with E-state index < -0.39 is 7.28 Å². The monoisotopic (exact) mass is 299 g/mol. The van der Waals surface area contributed by atoms with Crippen molar-refractivity contribution in [3.63, 3.8) is 0 Å². The molecule has 0 aromatic rings. The van der Waals surface area contributed by atoms with Gasteiger partial charge in [-0.15, -0.1) is 0 Å². The molecule has 0 radical (unpaired) electrons. The maximum atomic E-state index is 11.2. The summed E-state index contributed by atoms with van der Waals surface area (Å²) in [6, 6.07) is 0. The fourth-order valence-corrected chi connectivity index (χ4v) is 3.12. The Kier molecular flexibility index (Phi) is 8.15. The molecule has 3 nitrogen and oxygen atoms in total. The molecule has 0 aliphatic carbocycles. The average Bonchev–Trinajstić information content (AvgIpc) is 1.97. The van der Waals surface area contributed by atoms with Crippen molar-refractivity contribution in [2.75, 3.05) is 12.3 Å². The van der Waals surface area contributed by atoms with Crippen molar-refractivity contribution in [1.82, 2.24) is 0 Å². The summed E-state index contributed by atoms with van der Waals surface area (Å²) in [5.74, 6) is 0. The van der Waals surface area contributed by atoms with Crippen LogP contribution in [0.25, 0.3) is 0 Å². The maximum Gasteiger partial charge on any atom is 0 e. The first-order valence-corrected chi connectivity index (χ1v) is 6.95. The first-order valence-electron chi connectivity index (χ1n) is 4.59. The van der Waals surface area contributed by atoms with E-state index in [2.05, 4.69) is 0 Å². The van der Waals surface area contributed by atoms with Crippen LogP contribution in [0.1, 0.15) is 39.5 Å². The van der Waals surface area contributed by atoms with Gasteiger partial charge in [-0.25, -0.2) is 0 Å². The van der Waals surface area contributed by atoms with Gasteiger partial charge < -0.3 is 0 Å². The molecule has 5 heteroatoms. The zero-order chi connectivity index (χ0) is 9.69. The van der Waals surface area contributed by atoms with Crippen molar-refractivity contribution in [2.24, 2.45) is 0 Å². The molecule has 0 saturated heterocycles. The third-order valence-corrected chi connectivity index (χ3v) is 4.25. The van der Waals surface area contributed by atoms with Gasteiger partial charge in [0.15, 0.2) is 0 Å². The average molecular weight is 300 g/mol. The van der Waals surface area contributed by atoms with Crippen LogP contribution in [0.15, 0.2) is 0 Å². The minimum atomic E-state index is -4.96. The van der Waals surface area contributed by atoms with Crippen LogP contribution in [0, 0.1) is 0 Å². The Bertz CT molecular complexity index is 121. The Morgan fingerprint density at radius 2 is 1.15 bits per heavy atom. The summed E-state index contributed by atoms with van der Waals surface area (Å²) in [5.41, 5.74) is 0. The van der Waals surface area contributed by atoms with Gasteiger partial charge in [0.25, 0.3) is 0 Å². The van der Waals surface area contributed by atoms with E-state index in [1.54, 1.807) is 0 Å². The van der Waals surface area contributed by atoms with Gasteiger partial charge in [-0.05, 0) is 0 Å². The number of hydrogen-bond donors (Lipinski definition) is 0. The van der Waals surface area contributed by atoms with Crippen LogP contribution in [-0.2, 0) is 20.4 Å². The summed E-state index contributed by atoms with van der Waals surface area (Å²) in [5, 5.41) is 0. The predicted octanol–water partition coefficient (Wildman–Crippen LogP) is -0.0367. The van der Waals surface area contributed by atoms with Crippen molar-refractivity contribution >= 4 is 7.28 Å². The molecule has 0 atom stereocenters. The Balaban J connectivity index is 0. The van der Waals surface area contributed by atoms with Gasteiger partial charge in [-0.2, -0.15) is 0 Å². The van der Waals surface area contributed by atoms with E-state index in [9.17, 15) is 14.7 Å². The molecule has 0 rings (SSSR count). The van der Waals surface area contributed by atoms with Crippen LogP contribution < -0.4 is 14.7 Å². The van der Waals surface area contributed by atoms with Gasteiger partial charge in [-0.3, -0.25) is 0 Å². The standard InChI is InChI=1S/C8H18O3P.Pd/c1-3-5-7-12(9,10,11)8-6-4-2;/h3-8H2,1-2H3;/q-3;. The number of rotatable bonds is 6. The fraction of sp³-hybridized carbons (Fsp3) is 1.00. The van der Waals surface area contributed by atoms with E-state index in [0.717, 1.165) is 12.8 Å². The molecule has 0 unspecified atom stereocenters. The summed E-state index contributed by atoms with van der Waals surface area (Å²) in [6.45, 7) is 3.76. The van der Waals surface area contributed by atoms with Gasteiger partial charge in [0, 0.05) is 20.4 Å². The predicted molar refractivity (Wildman–Crippen MR) is 46.5 cm³/mol. The van der Waals surface area contributed by atoms with Crippen molar-refractivity contribution in [1.29, 1.82) is 0 Å². The number of hydrogen-bond acceptors (Lipinski definition) is 3. The van der Waals surface area contributed by atoms with Crippen molar-refractivity contribution in [3.8, 4) is 0 Å². The van der Waals surface area contributed by atoms with Gasteiger partial charge in [0.05, 0.1) is 0 Å². The first kappa shape index (κ1) is 16.4.